The minimum absolute atomic E-state index is 0.0516. The van der Waals surface area contributed by atoms with E-state index in [9.17, 15) is 4.79 Å². The molecule has 0 aromatic heterocycles. The Bertz CT molecular complexity index is 349. The van der Waals surface area contributed by atoms with E-state index in [1.165, 1.54) is 5.56 Å². The summed E-state index contributed by atoms with van der Waals surface area (Å²) in [7, 11) is 0. The van der Waals surface area contributed by atoms with Gasteiger partial charge in [0.15, 0.2) is 0 Å². The van der Waals surface area contributed by atoms with Gasteiger partial charge in [0.25, 0.3) is 0 Å². The molecule has 0 bridgehead atoms. The number of rotatable bonds is 4. The number of benzene rings is 1. The van der Waals surface area contributed by atoms with Gasteiger partial charge < -0.3 is 10.8 Å². The Morgan fingerprint density at radius 1 is 1.53 bits per heavy atom. The van der Waals surface area contributed by atoms with Crippen molar-refractivity contribution in [3.05, 3.63) is 35.4 Å². The molecule has 0 radical (unpaired) electrons. The Morgan fingerprint density at radius 2 is 2.20 bits per heavy atom. The van der Waals surface area contributed by atoms with Crippen LogP contribution < -0.4 is 5.73 Å². The third-order valence-electron chi connectivity index (χ3n) is 2.54. The van der Waals surface area contributed by atoms with Crippen LogP contribution in [0.25, 0.3) is 0 Å². The zero-order valence-corrected chi connectivity index (χ0v) is 9.10. The lowest BCUT2D eigenvalue weighted by atomic mass is 9.94. The number of nitrogens with two attached hydrogens (primary N) is 1. The molecule has 0 saturated heterocycles. The van der Waals surface area contributed by atoms with E-state index in [0.29, 0.717) is 6.42 Å². The fraction of sp³-hybridized carbons (Fsp3) is 0.417. The largest absolute Gasteiger partial charge is 0.480 e. The van der Waals surface area contributed by atoms with Gasteiger partial charge in [0.1, 0.15) is 6.04 Å². The van der Waals surface area contributed by atoms with Crippen molar-refractivity contribution < 1.29 is 9.90 Å². The van der Waals surface area contributed by atoms with Crippen LogP contribution in [0.1, 0.15) is 18.1 Å². The van der Waals surface area contributed by atoms with Crippen LogP contribution in [0.5, 0.6) is 0 Å². The molecule has 0 heterocycles. The van der Waals surface area contributed by atoms with E-state index in [1.54, 1.807) is 0 Å². The van der Waals surface area contributed by atoms with Gasteiger partial charge in [0.2, 0.25) is 0 Å². The maximum atomic E-state index is 10.7. The lowest BCUT2D eigenvalue weighted by Crippen LogP contribution is -2.37. The first-order valence-electron chi connectivity index (χ1n) is 5.04. The van der Waals surface area contributed by atoms with Crippen LogP contribution in [0.3, 0.4) is 0 Å². The molecular formula is C12H17NO2. The van der Waals surface area contributed by atoms with Gasteiger partial charge in [-0.3, -0.25) is 4.79 Å². The summed E-state index contributed by atoms with van der Waals surface area (Å²) >= 11 is 0. The highest BCUT2D eigenvalue weighted by Crippen LogP contribution is 2.12. The van der Waals surface area contributed by atoms with Gasteiger partial charge in [-0.1, -0.05) is 36.8 Å². The molecule has 3 N–H and O–H groups in total. The highest BCUT2D eigenvalue weighted by molar-refractivity contribution is 5.73. The van der Waals surface area contributed by atoms with E-state index in [1.807, 2.05) is 32.0 Å². The Balaban J connectivity index is 2.66. The fourth-order valence-electron chi connectivity index (χ4n) is 1.58. The zero-order chi connectivity index (χ0) is 11.4. The van der Waals surface area contributed by atoms with Gasteiger partial charge in [-0.25, -0.2) is 0 Å². The first kappa shape index (κ1) is 11.7. The van der Waals surface area contributed by atoms with Crippen molar-refractivity contribution in [2.75, 3.05) is 0 Å². The van der Waals surface area contributed by atoms with Gasteiger partial charge in [-0.15, -0.1) is 0 Å². The normalized spacial score (nSPS) is 14.6. The SMILES string of the molecule is Cc1cccc(C[C@H](C)[C@H](N)C(=O)O)c1. The Labute approximate surface area is 89.9 Å². The summed E-state index contributed by atoms with van der Waals surface area (Å²) in [6.45, 7) is 3.88. The monoisotopic (exact) mass is 207 g/mol. The third-order valence-corrected chi connectivity index (χ3v) is 2.54. The van der Waals surface area contributed by atoms with E-state index in [4.69, 9.17) is 10.8 Å². The zero-order valence-electron chi connectivity index (χ0n) is 9.10. The van der Waals surface area contributed by atoms with E-state index >= 15 is 0 Å². The predicted molar refractivity (Wildman–Crippen MR) is 59.7 cm³/mol. The summed E-state index contributed by atoms with van der Waals surface area (Å²) < 4.78 is 0. The number of aliphatic carboxylic acids is 1. The Morgan fingerprint density at radius 3 is 2.73 bits per heavy atom. The van der Waals surface area contributed by atoms with Crippen LogP contribution in [0.4, 0.5) is 0 Å². The summed E-state index contributed by atoms with van der Waals surface area (Å²) in [6, 6.07) is 7.27. The summed E-state index contributed by atoms with van der Waals surface area (Å²) in [5, 5.41) is 8.76. The van der Waals surface area contributed by atoms with Crippen LogP contribution in [-0.2, 0) is 11.2 Å². The maximum absolute atomic E-state index is 10.7. The number of carboxylic acids is 1. The van der Waals surface area contributed by atoms with E-state index < -0.39 is 12.0 Å². The summed E-state index contributed by atoms with van der Waals surface area (Å²) in [6.07, 6.45) is 0.704. The third kappa shape index (κ3) is 3.36. The summed E-state index contributed by atoms with van der Waals surface area (Å²) in [4.78, 5) is 10.7. The first-order chi connectivity index (χ1) is 7.00. The smallest absolute Gasteiger partial charge is 0.320 e. The molecule has 2 atom stereocenters. The lowest BCUT2D eigenvalue weighted by Gasteiger charge is -2.15. The van der Waals surface area contributed by atoms with Crippen molar-refractivity contribution in [2.45, 2.75) is 26.3 Å². The lowest BCUT2D eigenvalue weighted by molar-refractivity contribution is -0.139. The molecule has 1 rings (SSSR count). The number of aryl methyl sites for hydroxylation is 1. The molecule has 3 nitrogen and oxygen atoms in total. The van der Waals surface area contributed by atoms with Crippen molar-refractivity contribution in [3.8, 4) is 0 Å². The molecule has 0 fully saturated rings. The second-order valence-electron chi connectivity index (χ2n) is 4.03. The molecule has 3 heteroatoms. The van der Waals surface area contributed by atoms with Gasteiger partial charge in [-0.2, -0.15) is 0 Å². The number of hydrogen-bond acceptors (Lipinski definition) is 2. The summed E-state index contributed by atoms with van der Waals surface area (Å²) in [5.41, 5.74) is 7.87. The molecule has 0 unspecified atom stereocenters. The molecule has 0 aliphatic rings. The quantitative estimate of drug-likeness (QED) is 0.788. The molecule has 0 aliphatic carbocycles. The average Bonchev–Trinajstić information content (AvgIpc) is 2.16. The van der Waals surface area contributed by atoms with Gasteiger partial charge in [0.05, 0.1) is 0 Å². The van der Waals surface area contributed by atoms with Crippen molar-refractivity contribution in [1.29, 1.82) is 0 Å². The van der Waals surface area contributed by atoms with Crippen molar-refractivity contribution in [2.24, 2.45) is 11.7 Å². The molecule has 1 aromatic carbocycles. The first-order valence-corrected chi connectivity index (χ1v) is 5.04. The van der Waals surface area contributed by atoms with Crippen LogP contribution in [-0.4, -0.2) is 17.1 Å². The number of carboxylic acid groups (broad SMARTS) is 1. The maximum Gasteiger partial charge on any atom is 0.320 e. The molecule has 82 valence electrons. The van der Waals surface area contributed by atoms with Gasteiger partial charge in [-0.05, 0) is 24.8 Å². The highest BCUT2D eigenvalue weighted by atomic mass is 16.4. The predicted octanol–water partition coefficient (Wildman–Crippen LogP) is 1.59. The second kappa shape index (κ2) is 4.94. The molecule has 15 heavy (non-hydrogen) atoms. The molecular weight excluding hydrogens is 190 g/mol. The minimum atomic E-state index is -0.935. The number of carbonyl (C=O) groups is 1. The summed E-state index contributed by atoms with van der Waals surface area (Å²) in [5.74, 6) is -0.987. The Hall–Kier alpha value is -1.35. The van der Waals surface area contributed by atoms with Crippen LogP contribution in [0, 0.1) is 12.8 Å². The van der Waals surface area contributed by atoms with Crippen LogP contribution in [0.2, 0.25) is 0 Å². The molecule has 0 spiro atoms. The van der Waals surface area contributed by atoms with Crippen molar-refractivity contribution >= 4 is 5.97 Å². The van der Waals surface area contributed by atoms with Gasteiger partial charge in [0, 0.05) is 0 Å². The average molecular weight is 207 g/mol. The standard InChI is InChI=1S/C12H17NO2/c1-8-4-3-5-10(6-8)7-9(2)11(13)12(14)15/h3-6,9,11H,7,13H2,1-2H3,(H,14,15)/t9-,11-/m0/s1. The molecule has 0 saturated carbocycles. The number of hydrogen-bond donors (Lipinski definition) is 2. The Kier molecular flexibility index (Phi) is 3.86. The van der Waals surface area contributed by atoms with Crippen molar-refractivity contribution in [1.82, 2.24) is 0 Å². The minimum Gasteiger partial charge on any atom is -0.480 e. The van der Waals surface area contributed by atoms with Crippen LogP contribution in [0.15, 0.2) is 24.3 Å². The van der Waals surface area contributed by atoms with Crippen LogP contribution >= 0.6 is 0 Å². The van der Waals surface area contributed by atoms with Crippen molar-refractivity contribution in [3.63, 3.8) is 0 Å². The highest BCUT2D eigenvalue weighted by Gasteiger charge is 2.19. The molecule has 0 aliphatic heterocycles. The molecule has 0 amide bonds. The molecule has 1 aromatic rings. The fourth-order valence-corrected chi connectivity index (χ4v) is 1.58. The second-order valence-corrected chi connectivity index (χ2v) is 4.03. The van der Waals surface area contributed by atoms with Gasteiger partial charge >= 0.3 is 5.97 Å². The van der Waals surface area contributed by atoms with E-state index in [2.05, 4.69) is 6.07 Å². The van der Waals surface area contributed by atoms with E-state index in [0.717, 1.165) is 5.56 Å². The van der Waals surface area contributed by atoms with E-state index in [-0.39, 0.29) is 5.92 Å². The topological polar surface area (TPSA) is 63.3 Å².